The molecule has 2 aromatic carbocycles. The van der Waals surface area contributed by atoms with Crippen LogP contribution in [-0.2, 0) is 4.79 Å². The van der Waals surface area contributed by atoms with Crippen LogP contribution < -0.4 is 14.9 Å². The first-order valence-electron chi connectivity index (χ1n) is 14.1. The maximum absolute atomic E-state index is 12.5. The molecule has 0 heterocycles. The van der Waals surface area contributed by atoms with Crippen LogP contribution >= 0.6 is 23.2 Å². The smallest absolute Gasteiger partial charge is 0.345 e. The van der Waals surface area contributed by atoms with Crippen LogP contribution in [0.25, 0.3) is 0 Å². The molecule has 0 aromatic heterocycles. The Kier molecular flexibility index (Phi) is 16.3. The summed E-state index contributed by atoms with van der Waals surface area (Å²) < 4.78 is 10.8. The van der Waals surface area contributed by atoms with Crippen LogP contribution in [0.15, 0.2) is 41.5 Å². The summed E-state index contributed by atoms with van der Waals surface area (Å²) >= 11 is 12.0. The molecule has 0 fully saturated rings. The van der Waals surface area contributed by atoms with E-state index in [9.17, 15) is 9.59 Å². The topological polar surface area (TPSA) is 77.0 Å². The van der Waals surface area contributed by atoms with Gasteiger partial charge in [0.15, 0.2) is 11.5 Å². The van der Waals surface area contributed by atoms with E-state index >= 15 is 0 Å². The van der Waals surface area contributed by atoms with E-state index in [1.807, 2.05) is 0 Å². The van der Waals surface area contributed by atoms with Crippen molar-refractivity contribution in [2.24, 2.45) is 5.10 Å². The fourth-order valence-electron chi connectivity index (χ4n) is 4.20. The lowest BCUT2D eigenvalue weighted by Crippen LogP contribution is -2.16. The fourth-order valence-corrected chi connectivity index (χ4v) is 4.68. The van der Waals surface area contributed by atoms with E-state index in [-0.39, 0.29) is 22.2 Å². The number of unbranched alkanes of at least 4 members (excludes halogenated alkanes) is 12. The number of rotatable bonds is 19. The van der Waals surface area contributed by atoms with Crippen molar-refractivity contribution in [3.63, 3.8) is 0 Å². The number of benzene rings is 2. The molecule has 0 unspecified atom stereocenters. The van der Waals surface area contributed by atoms with Crippen LogP contribution in [0.5, 0.6) is 11.5 Å². The van der Waals surface area contributed by atoms with Crippen molar-refractivity contribution in [2.45, 2.75) is 96.8 Å². The second-order valence-electron chi connectivity index (χ2n) is 9.71. The zero-order valence-electron chi connectivity index (χ0n) is 23.3. The summed E-state index contributed by atoms with van der Waals surface area (Å²) in [5, 5.41) is 4.66. The van der Waals surface area contributed by atoms with Gasteiger partial charge in [-0.15, -0.1) is 0 Å². The van der Waals surface area contributed by atoms with E-state index < -0.39 is 5.97 Å². The molecule has 0 aliphatic rings. The second kappa shape index (κ2) is 19.5. The summed E-state index contributed by atoms with van der Waals surface area (Å²) in [4.78, 5) is 24.6. The molecule has 0 saturated carbocycles. The van der Waals surface area contributed by atoms with Crippen LogP contribution in [0, 0.1) is 0 Å². The van der Waals surface area contributed by atoms with Gasteiger partial charge in [0.25, 0.3) is 0 Å². The Hall–Kier alpha value is -2.57. The number of hydrogen-bond acceptors (Lipinski definition) is 5. The van der Waals surface area contributed by atoms with Crippen LogP contribution in [0.2, 0.25) is 10.0 Å². The molecule has 6 nitrogen and oxygen atoms in total. The average Bonchev–Trinajstić information content (AvgIpc) is 2.92. The first-order chi connectivity index (χ1) is 18.9. The Balaban J connectivity index is 1.63. The Bertz CT molecular complexity index is 1060. The summed E-state index contributed by atoms with van der Waals surface area (Å²) in [6.45, 7) is 2.26. The number of nitrogens with zero attached hydrogens (tertiary/aromatic N) is 1. The van der Waals surface area contributed by atoms with Crippen molar-refractivity contribution in [3.05, 3.63) is 57.6 Å². The Morgan fingerprint density at radius 1 is 0.821 bits per heavy atom. The van der Waals surface area contributed by atoms with Crippen LogP contribution in [-0.4, -0.2) is 25.2 Å². The van der Waals surface area contributed by atoms with Crippen molar-refractivity contribution in [1.82, 2.24) is 5.43 Å². The van der Waals surface area contributed by atoms with Crippen molar-refractivity contribution in [3.8, 4) is 11.5 Å². The van der Waals surface area contributed by atoms with Crippen molar-refractivity contribution in [1.29, 1.82) is 0 Å². The van der Waals surface area contributed by atoms with Crippen molar-refractivity contribution in [2.75, 3.05) is 7.11 Å². The molecule has 0 aliphatic heterocycles. The highest BCUT2D eigenvalue weighted by molar-refractivity contribution is 6.36. The first-order valence-corrected chi connectivity index (χ1v) is 14.9. The Morgan fingerprint density at radius 3 is 2.03 bits per heavy atom. The molecule has 2 aromatic rings. The van der Waals surface area contributed by atoms with Gasteiger partial charge in [-0.3, -0.25) is 4.79 Å². The van der Waals surface area contributed by atoms with Gasteiger partial charge >= 0.3 is 5.97 Å². The highest BCUT2D eigenvalue weighted by Gasteiger charge is 2.16. The largest absolute Gasteiger partial charge is 0.493 e. The summed E-state index contributed by atoms with van der Waals surface area (Å²) in [7, 11) is 1.47. The molecular formula is C31H42Cl2N2O4. The van der Waals surface area contributed by atoms with Crippen LogP contribution in [0.1, 0.15) is 113 Å². The molecule has 39 heavy (non-hydrogen) atoms. The quantitative estimate of drug-likeness (QED) is 0.0594. The number of amides is 1. The summed E-state index contributed by atoms with van der Waals surface area (Å²) in [5.74, 6) is -0.156. The molecule has 1 amide bonds. The SMILES string of the molecule is CCCCCCCCCCCCCCCC(=O)NN=Cc1ccc(OC(=O)c2ccc(Cl)cc2Cl)c(OC)c1. The lowest BCUT2D eigenvalue weighted by Gasteiger charge is -2.10. The van der Waals surface area contributed by atoms with Gasteiger partial charge in [0.1, 0.15) is 0 Å². The van der Waals surface area contributed by atoms with Gasteiger partial charge in [-0.2, -0.15) is 5.10 Å². The van der Waals surface area contributed by atoms with E-state index in [1.165, 1.54) is 96.1 Å². The first kappa shape index (κ1) is 32.6. The molecule has 2 rings (SSSR count). The number of halogens is 2. The standard InChI is InChI=1S/C31H42Cl2N2O4/c1-3-4-5-6-7-8-9-10-11-12-13-14-15-16-30(36)35-34-23-24-17-20-28(29(21-24)38-2)39-31(37)26-19-18-25(32)22-27(26)33/h17-23H,3-16H2,1-2H3,(H,35,36). The third-order valence-electron chi connectivity index (χ3n) is 6.45. The molecule has 214 valence electrons. The highest BCUT2D eigenvalue weighted by Crippen LogP contribution is 2.30. The highest BCUT2D eigenvalue weighted by atomic mass is 35.5. The Labute approximate surface area is 243 Å². The van der Waals surface area contributed by atoms with Gasteiger partial charge < -0.3 is 9.47 Å². The molecule has 0 spiro atoms. The lowest BCUT2D eigenvalue weighted by atomic mass is 10.0. The number of hydrazone groups is 1. The molecule has 0 radical (unpaired) electrons. The Morgan fingerprint density at radius 2 is 1.44 bits per heavy atom. The average molecular weight is 578 g/mol. The van der Waals surface area contributed by atoms with Crippen molar-refractivity contribution >= 4 is 41.3 Å². The maximum atomic E-state index is 12.5. The number of methoxy groups -OCH3 is 1. The zero-order chi connectivity index (χ0) is 28.3. The molecule has 0 atom stereocenters. The third kappa shape index (κ3) is 13.4. The maximum Gasteiger partial charge on any atom is 0.345 e. The van der Waals surface area contributed by atoms with E-state index in [2.05, 4.69) is 17.5 Å². The van der Waals surface area contributed by atoms with Gasteiger partial charge in [-0.1, -0.05) is 107 Å². The fraction of sp³-hybridized carbons (Fsp3) is 0.516. The number of nitrogens with one attached hydrogen (secondary N) is 1. The number of ether oxygens (including phenoxy) is 2. The number of esters is 1. The summed E-state index contributed by atoms with van der Waals surface area (Å²) in [5.41, 5.74) is 3.44. The van der Waals surface area contributed by atoms with Crippen LogP contribution in [0.3, 0.4) is 0 Å². The van der Waals surface area contributed by atoms with Gasteiger partial charge in [0, 0.05) is 11.4 Å². The van der Waals surface area contributed by atoms with Gasteiger partial charge in [-0.05, 0) is 48.4 Å². The van der Waals surface area contributed by atoms with Crippen LogP contribution in [0.4, 0.5) is 0 Å². The van der Waals surface area contributed by atoms with E-state index in [0.717, 1.165) is 12.8 Å². The summed E-state index contributed by atoms with van der Waals surface area (Å²) in [6, 6.07) is 9.50. The molecule has 1 N–H and O–H groups in total. The lowest BCUT2D eigenvalue weighted by molar-refractivity contribution is -0.121. The predicted molar refractivity (Wildman–Crippen MR) is 160 cm³/mol. The monoisotopic (exact) mass is 576 g/mol. The van der Waals surface area contributed by atoms with Gasteiger partial charge in [0.05, 0.1) is 23.9 Å². The number of carbonyl (C=O) groups excluding carboxylic acids is 2. The minimum absolute atomic E-state index is 0.105. The normalized spacial score (nSPS) is 11.1. The zero-order valence-corrected chi connectivity index (χ0v) is 24.8. The summed E-state index contributed by atoms with van der Waals surface area (Å²) in [6.07, 6.45) is 18.5. The molecule has 8 heteroatoms. The van der Waals surface area contributed by atoms with E-state index in [4.69, 9.17) is 32.7 Å². The van der Waals surface area contributed by atoms with Crippen molar-refractivity contribution < 1.29 is 19.1 Å². The van der Waals surface area contributed by atoms with Gasteiger partial charge in [-0.25, -0.2) is 10.2 Å². The third-order valence-corrected chi connectivity index (χ3v) is 7.00. The van der Waals surface area contributed by atoms with Gasteiger partial charge in [0.2, 0.25) is 5.91 Å². The molecule has 0 bridgehead atoms. The number of hydrogen-bond donors (Lipinski definition) is 1. The molecule has 0 aliphatic carbocycles. The molecule has 0 saturated heterocycles. The van der Waals surface area contributed by atoms with E-state index in [1.54, 1.807) is 24.3 Å². The van der Waals surface area contributed by atoms with E-state index in [0.29, 0.717) is 22.8 Å². The number of carbonyl (C=O) groups is 2. The second-order valence-corrected chi connectivity index (χ2v) is 10.6. The minimum Gasteiger partial charge on any atom is -0.493 e. The molecular weight excluding hydrogens is 535 g/mol. The predicted octanol–water partition coefficient (Wildman–Crippen LogP) is 9.15. The minimum atomic E-state index is -0.628.